The summed E-state index contributed by atoms with van der Waals surface area (Å²) in [5.74, 6) is 0.397. The highest BCUT2D eigenvalue weighted by molar-refractivity contribution is 5.75. The number of hydrogen-bond donors (Lipinski definition) is 0. The second-order valence-electron chi connectivity index (χ2n) is 9.52. The summed E-state index contributed by atoms with van der Waals surface area (Å²) in [5, 5.41) is 0. The van der Waals surface area contributed by atoms with E-state index in [9.17, 15) is 9.59 Å². The molecule has 1 aromatic heterocycles. The van der Waals surface area contributed by atoms with Gasteiger partial charge in [0.1, 0.15) is 0 Å². The molecule has 166 valence electrons. The summed E-state index contributed by atoms with van der Waals surface area (Å²) in [4.78, 5) is 29.2. The van der Waals surface area contributed by atoms with Gasteiger partial charge in [0.25, 0.3) is 0 Å². The van der Waals surface area contributed by atoms with E-state index >= 15 is 0 Å². The second-order valence-corrected chi connectivity index (χ2v) is 9.52. The SMILES string of the molecule is CCCN(CC)C(=O)N1CC[C@@]2(C)c3cc(-c4ccc(=O)n(C)c4)ccc3CC1C2C. The number of benzene rings is 1. The zero-order chi connectivity index (χ0) is 22.3. The highest BCUT2D eigenvalue weighted by Gasteiger charge is 2.50. The Morgan fingerprint density at radius 1 is 1.19 bits per heavy atom. The summed E-state index contributed by atoms with van der Waals surface area (Å²) >= 11 is 0. The Morgan fingerprint density at radius 2 is 1.94 bits per heavy atom. The van der Waals surface area contributed by atoms with Crippen LogP contribution >= 0.6 is 0 Å². The molecule has 2 amide bonds. The summed E-state index contributed by atoms with van der Waals surface area (Å²) in [5.41, 5.74) is 5.04. The van der Waals surface area contributed by atoms with Crippen molar-refractivity contribution in [3.8, 4) is 11.1 Å². The first-order valence-corrected chi connectivity index (χ1v) is 11.7. The number of amides is 2. The largest absolute Gasteiger partial charge is 0.325 e. The number of likely N-dealkylation sites (tertiary alicyclic amines) is 1. The molecule has 1 aliphatic carbocycles. The summed E-state index contributed by atoms with van der Waals surface area (Å²) < 4.78 is 1.63. The van der Waals surface area contributed by atoms with Crippen LogP contribution < -0.4 is 5.56 Å². The van der Waals surface area contributed by atoms with Crippen molar-refractivity contribution in [1.29, 1.82) is 0 Å². The Hall–Kier alpha value is -2.56. The van der Waals surface area contributed by atoms with E-state index in [1.165, 1.54) is 11.1 Å². The van der Waals surface area contributed by atoms with Crippen LogP contribution in [0.5, 0.6) is 0 Å². The lowest BCUT2D eigenvalue weighted by Gasteiger charge is -2.55. The maximum Gasteiger partial charge on any atom is 0.320 e. The standard InChI is InChI=1S/C26H35N3O2/c1-6-13-28(7-2)25(31)29-14-12-26(4)18(3)23(29)16-20-9-8-19(15-22(20)26)21-10-11-24(30)27(5)17-21/h8-11,15,17-18,23H,6-7,12-14,16H2,1-5H3/t18?,23?,26-/m1/s1. The predicted octanol–water partition coefficient (Wildman–Crippen LogP) is 4.43. The molecule has 2 aliphatic rings. The number of piperidine rings is 1. The monoisotopic (exact) mass is 421 g/mol. The first-order chi connectivity index (χ1) is 14.8. The van der Waals surface area contributed by atoms with Crippen LogP contribution in [-0.4, -0.2) is 46.1 Å². The van der Waals surface area contributed by atoms with Gasteiger partial charge in [-0.15, -0.1) is 0 Å². The van der Waals surface area contributed by atoms with Gasteiger partial charge in [-0.25, -0.2) is 4.79 Å². The number of carbonyl (C=O) groups excluding carboxylic acids is 1. The molecule has 2 bridgehead atoms. The van der Waals surface area contributed by atoms with Gasteiger partial charge >= 0.3 is 6.03 Å². The van der Waals surface area contributed by atoms with E-state index in [1.54, 1.807) is 17.7 Å². The number of carbonyl (C=O) groups is 1. The molecule has 2 unspecified atom stereocenters. The summed E-state index contributed by atoms with van der Waals surface area (Å²) in [6, 6.07) is 10.7. The van der Waals surface area contributed by atoms with Crippen LogP contribution in [0.3, 0.4) is 0 Å². The molecular weight excluding hydrogens is 386 g/mol. The molecular formula is C26H35N3O2. The molecule has 31 heavy (non-hydrogen) atoms. The van der Waals surface area contributed by atoms with Crippen LogP contribution in [-0.2, 0) is 18.9 Å². The molecule has 0 saturated carbocycles. The Balaban J connectivity index is 1.69. The van der Waals surface area contributed by atoms with E-state index < -0.39 is 0 Å². The molecule has 0 spiro atoms. The minimum Gasteiger partial charge on any atom is -0.325 e. The fourth-order valence-electron chi connectivity index (χ4n) is 5.64. The van der Waals surface area contributed by atoms with E-state index in [0.29, 0.717) is 5.92 Å². The van der Waals surface area contributed by atoms with Crippen molar-refractivity contribution in [3.63, 3.8) is 0 Å². The van der Waals surface area contributed by atoms with Crippen molar-refractivity contribution in [2.75, 3.05) is 19.6 Å². The normalized spacial score (nSPS) is 24.6. The van der Waals surface area contributed by atoms with Crippen LogP contribution in [0.25, 0.3) is 11.1 Å². The van der Waals surface area contributed by atoms with Crippen molar-refractivity contribution in [3.05, 3.63) is 58.0 Å². The van der Waals surface area contributed by atoms with Crippen molar-refractivity contribution < 1.29 is 4.79 Å². The Bertz CT molecular complexity index is 1040. The average molecular weight is 422 g/mol. The number of hydrogen-bond acceptors (Lipinski definition) is 2. The van der Waals surface area contributed by atoms with Gasteiger partial charge in [0, 0.05) is 45.0 Å². The number of pyridine rings is 1. The molecule has 2 aromatic rings. The second kappa shape index (κ2) is 8.18. The molecule has 1 fully saturated rings. The third-order valence-corrected chi connectivity index (χ3v) is 7.82. The third-order valence-electron chi connectivity index (χ3n) is 7.82. The third kappa shape index (κ3) is 3.58. The molecule has 1 aliphatic heterocycles. The quantitative estimate of drug-likeness (QED) is 0.733. The van der Waals surface area contributed by atoms with Gasteiger partial charge in [-0.3, -0.25) is 4.79 Å². The topological polar surface area (TPSA) is 45.6 Å². The minimum absolute atomic E-state index is 0.00590. The lowest BCUT2D eigenvalue weighted by Crippen LogP contribution is -2.61. The van der Waals surface area contributed by atoms with Gasteiger partial charge in [-0.2, -0.15) is 0 Å². The molecule has 0 N–H and O–H groups in total. The zero-order valence-electron chi connectivity index (χ0n) is 19.5. The van der Waals surface area contributed by atoms with Gasteiger partial charge in [-0.1, -0.05) is 39.0 Å². The van der Waals surface area contributed by atoms with Crippen LogP contribution in [0.15, 0.2) is 41.3 Å². The zero-order valence-corrected chi connectivity index (χ0v) is 19.5. The molecule has 2 heterocycles. The van der Waals surface area contributed by atoms with E-state index in [-0.39, 0.29) is 23.0 Å². The highest BCUT2D eigenvalue weighted by Crippen LogP contribution is 2.49. The van der Waals surface area contributed by atoms with Crippen molar-refractivity contribution >= 4 is 6.03 Å². The maximum absolute atomic E-state index is 13.3. The first-order valence-electron chi connectivity index (χ1n) is 11.7. The van der Waals surface area contributed by atoms with Gasteiger partial charge < -0.3 is 14.4 Å². The van der Waals surface area contributed by atoms with E-state index in [0.717, 1.165) is 50.0 Å². The number of aromatic nitrogens is 1. The molecule has 0 radical (unpaired) electrons. The highest BCUT2D eigenvalue weighted by atomic mass is 16.2. The number of nitrogens with zero attached hydrogens (tertiary/aromatic N) is 3. The number of fused-ring (bicyclic) bond motifs is 4. The summed E-state index contributed by atoms with van der Waals surface area (Å²) in [7, 11) is 1.79. The van der Waals surface area contributed by atoms with Crippen molar-refractivity contribution in [2.24, 2.45) is 13.0 Å². The summed E-state index contributed by atoms with van der Waals surface area (Å²) in [6.45, 7) is 11.3. The molecule has 1 saturated heterocycles. The van der Waals surface area contributed by atoms with Crippen LogP contribution in [0.4, 0.5) is 4.79 Å². The number of aryl methyl sites for hydroxylation is 1. The Kier molecular flexibility index (Phi) is 5.71. The minimum atomic E-state index is 0.00590. The number of urea groups is 1. The van der Waals surface area contributed by atoms with E-state index in [2.05, 4.69) is 50.8 Å². The fourth-order valence-corrected chi connectivity index (χ4v) is 5.64. The van der Waals surface area contributed by atoms with Crippen LogP contribution in [0.2, 0.25) is 0 Å². The predicted molar refractivity (Wildman–Crippen MR) is 125 cm³/mol. The maximum atomic E-state index is 13.3. The van der Waals surface area contributed by atoms with Crippen molar-refractivity contribution in [1.82, 2.24) is 14.4 Å². The smallest absolute Gasteiger partial charge is 0.320 e. The van der Waals surface area contributed by atoms with Gasteiger partial charge in [-0.05, 0) is 65.8 Å². The van der Waals surface area contributed by atoms with Gasteiger partial charge in [0.15, 0.2) is 0 Å². The Labute approximate surface area is 185 Å². The summed E-state index contributed by atoms with van der Waals surface area (Å²) in [6.07, 6.45) is 4.79. The fraction of sp³-hybridized carbons (Fsp3) is 0.538. The number of rotatable bonds is 4. The van der Waals surface area contributed by atoms with Gasteiger partial charge in [0.2, 0.25) is 5.56 Å². The van der Waals surface area contributed by atoms with Gasteiger partial charge in [0.05, 0.1) is 0 Å². The van der Waals surface area contributed by atoms with E-state index in [4.69, 9.17) is 0 Å². The van der Waals surface area contributed by atoms with E-state index in [1.807, 2.05) is 17.2 Å². The molecule has 5 heteroatoms. The van der Waals surface area contributed by atoms with Crippen LogP contribution in [0.1, 0.15) is 51.7 Å². The van der Waals surface area contributed by atoms with Crippen LogP contribution in [0, 0.1) is 5.92 Å². The average Bonchev–Trinajstić information content (AvgIpc) is 2.76. The Morgan fingerprint density at radius 3 is 2.61 bits per heavy atom. The first kappa shape index (κ1) is 21.7. The molecule has 5 nitrogen and oxygen atoms in total. The molecule has 3 atom stereocenters. The molecule has 1 aromatic carbocycles. The van der Waals surface area contributed by atoms with Crippen molar-refractivity contribution in [2.45, 2.75) is 58.4 Å². The lowest BCUT2D eigenvalue weighted by atomic mass is 9.59. The molecule has 4 rings (SSSR count). The lowest BCUT2D eigenvalue weighted by molar-refractivity contribution is 0.0414.